The van der Waals surface area contributed by atoms with E-state index in [2.05, 4.69) is 15.4 Å². The number of carbonyl (C=O) groups excluding carboxylic acids is 1. The highest BCUT2D eigenvalue weighted by Gasteiger charge is 2.19. The summed E-state index contributed by atoms with van der Waals surface area (Å²) >= 11 is 6.15. The Kier molecular flexibility index (Phi) is 5.95. The quantitative estimate of drug-likeness (QED) is 0.440. The Labute approximate surface area is 183 Å². The maximum absolute atomic E-state index is 13.1. The lowest BCUT2D eigenvalue weighted by atomic mass is 10.2. The van der Waals surface area contributed by atoms with Crippen LogP contribution >= 0.6 is 11.6 Å². The molecule has 0 saturated heterocycles. The zero-order valence-corrected chi connectivity index (χ0v) is 17.3. The second-order valence-corrected chi connectivity index (χ2v) is 7.01. The first-order valence-corrected chi connectivity index (χ1v) is 9.94. The highest BCUT2D eigenvalue weighted by atomic mass is 35.5. The molecule has 0 fully saturated rings. The summed E-state index contributed by atoms with van der Waals surface area (Å²) in [5, 5.41) is 7.63. The molecule has 0 aliphatic carbocycles. The normalized spacial score (nSPS) is 10.7. The molecule has 8 heteroatoms. The number of anilines is 1. The minimum atomic E-state index is -0.514. The number of halogens is 2. The van der Waals surface area contributed by atoms with Gasteiger partial charge in [-0.05, 0) is 67.6 Å². The van der Waals surface area contributed by atoms with Crippen LogP contribution in [0.25, 0.3) is 17.1 Å². The maximum Gasteiger partial charge on any atom is 0.295 e. The number of aromatic nitrogens is 3. The third-order valence-electron chi connectivity index (χ3n) is 4.39. The van der Waals surface area contributed by atoms with Gasteiger partial charge in [-0.15, -0.1) is 5.10 Å². The Morgan fingerprint density at radius 3 is 2.52 bits per heavy atom. The summed E-state index contributed by atoms with van der Waals surface area (Å²) in [6.45, 7) is 2.47. The molecule has 0 aliphatic heterocycles. The minimum absolute atomic E-state index is 0.0341. The molecule has 156 valence electrons. The van der Waals surface area contributed by atoms with E-state index >= 15 is 0 Å². The topological polar surface area (TPSA) is 69.0 Å². The van der Waals surface area contributed by atoms with Gasteiger partial charge >= 0.3 is 0 Å². The van der Waals surface area contributed by atoms with E-state index in [1.54, 1.807) is 22.9 Å². The molecule has 0 saturated carbocycles. The van der Waals surface area contributed by atoms with Crippen molar-refractivity contribution >= 4 is 23.2 Å². The third kappa shape index (κ3) is 4.73. The third-order valence-corrected chi connectivity index (χ3v) is 4.62. The summed E-state index contributed by atoms with van der Waals surface area (Å²) in [6.07, 6.45) is 0. The number of benzene rings is 3. The van der Waals surface area contributed by atoms with Crippen LogP contribution in [0.5, 0.6) is 5.75 Å². The first kappa shape index (κ1) is 20.6. The maximum atomic E-state index is 13.1. The Morgan fingerprint density at radius 1 is 1.10 bits per heavy atom. The molecule has 6 nitrogen and oxygen atoms in total. The van der Waals surface area contributed by atoms with Gasteiger partial charge in [-0.25, -0.2) is 14.1 Å². The van der Waals surface area contributed by atoms with Crippen molar-refractivity contribution in [3.8, 4) is 22.8 Å². The number of amides is 1. The van der Waals surface area contributed by atoms with Gasteiger partial charge in [0.1, 0.15) is 11.6 Å². The number of carbonyl (C=O) groups is 1. The zero-order valence-electron chi connectivity index (χ0n) is 16.5. The van der Waals surface area contributed by atoms with Crippen molar-refractivity contribution in [1.29, 1.82) is 0 Å². The van der Waals surface area contributed by atoms with Crippen molar-refractivity contribution in [3.63, 3.8) is 0 Å². The Hall–Kier alpha value is -3.71. The fourth-order valence-corrected chi connectivity index (χ4v) is 3.16. The highest BCUT2D eigenvalue weighted by Crippen LogP contribution is 2.25. The van der Waals surface area contributed by atoms with E-state index in [0.29, 0.717) is 34.4 Å². The van der Waals surface area contributed by atoms with Crippen molar-refractivity contribution in [2.75, 3.05) is 11.9 Å². The summed E-state index contributed by atoms with van der Waals surface area (Å²) in [5.41, 5.74) is 1.84. The summed E-state index contributed by atoms with van der Waals surface area (Å²) in [6, 6.07) is 19.9. The van der Waals surface area contributed by atoms with Gasteiger partial charge in [-0.2, -0.15) is 0 Å². The highest BCUT2D eigenvalue weighted by molar-refractivity contribution is 6.30. The van der Waals surface area contributed by atoms with Crippen LogP contribution < -0.4 is 10.1 Å². The molecule has 1 aromatic heterocycles. The lowest BCUT2D eigenvalue weighted by Gasteiger charge is -2.08. The molecule has 1 N–H and O–H groups in total. The van der Waals surface area contributed by atoms with E-state index in [-0.39, 0.29) is 11.6 Å². The average Bonchev–Trinajstić information content (AvgIpc) is 3.22. The van der Waals surface area contributed by atoms with Crippen LogP contribution in [0.2, 0.25) is 5.02 Å². The molecule has 4 aromatic rings. The van der Waals surface area contributed by atoms with E-state index in [1.165, 1.54) is 24.3 Å². The van der Waals surface area contributed by atoms with Crippen LogP contribution in [0, 0.1) is 5.82 Å². The molecular weight excluding hydrogens is 419 g/mol. The monoisotopic (exact) mass is 436 g/mol. The van der Waals surface area contributed by atoms with Gasteiger partial charge in [0.25, 0.3) is 5.91 Å². The van der Waals surface area contributed by atoms with Crippen molar-refractivity contribution in [1.82, 2.24) is 14.8 Å². The van der Waals surface area contributed by atoms with Crippen LogP contribution in [-0.4, -0.2) is 27.3 Å². The fourth-order valence-electron chi connectivity index (χ4n) is 2.97. The van der Waals surface area contributed by atoms with Crippen LogP contribution in [0.4, 0.5) is 10.1 Å². The van der Waals surface area contributed by atoms with E-state index < -0.39 is 5.91 Å². The van der Waals surface area contributed by atoms with Gasteiger partial charge in [-0.3, -0.25) is 4.79 Å². The first-order chi connectivity index (χ1) is 15.0. The van der Waals surface area contributed by atoms with E-state index in [4.69, 9.17) is 16.3 Å². The molecule has 3 aromatic carbocycles. The smallest absolute Gasteiger partial charge is 0.295 e. The summed E-state index contributed by atoms with van der Waals surface area (Å²) in [5.74, 6) is 0.243. The molecule has 1 heterocycles. The predicted octanol–water partition coefficient (Wildman–Crippen LogP) is 5.38. The van der Waals surface area contributed by atoms with Gasteiger partial charge < -0.3 is 10.1 Å². The van der Waals surface area contributed by atoms with Crippen LogP contribution in [0.15, 0.2) is 72.8 Å². The van der Waals surface area contributed by atoms with Gasteiger partial charge in [0.05, 0.1) is 12.3 Å². The number of rotatable bonds is 6. The number of nitrogens with zero attached hydrogens (tertiary/aromatic N) is 3. The Balaban J connectivity index is 1.72. The van der Waals surface area contributed by atoms with E-state index in [0.717, 1.165) is 5.75 Å². The molecular formula is C23H18ClFN4O2. The first-order valence-electron chi connectivity index (χ1n) is 9.56. The molecule has 0 atom stereocenters. The second-order valence-electron chi connectivity index (χ2n) is 6.57. The molecule has 0 spiro atoms. The van der Waals surface area contributed by atoms with Crippen molar-refractivity contribution in [2.24, 2.45) is 0 Å². The molecule has 0 unspecified atom stereocenters. The number of hydrogen-bond donors (Lipinski definition) is 1. The van der Waals surface area contributed by atoms with Crippen LogP contribution in [0.1, 0.15) is 17.5 Å². The number of nitrogens with one attached hydrogen (secondary N) is 1. The standard InChI is InChI=1S/C23H18ClFN4O2/c1-2-31-20-12-10-19(11-13-20)29-22(15-4-3-5-16(24)14-15)27-21(28-29)23(30)26-18-8-6-17(25)7-9-18/h3-14H,2H2,1H3,(H,26,30). The summed E-state index contributed by atoms with van der Waals surface area (Å²) < 4.78 is 20.2. The molecule has 0 radical (unpaired) electrons. The molecule has 1 amide bonds. The van der Waals surface area contributed by atoms with E-state index in [1.807, 2.05) is 37.3 Å². The van der Waals surface area contributed by atoms with Gasteiger partial charge in [0.15, 0.2) is 5.82 Å². The van der Waals surface area contributed by atoms with Gasteiger partial charge in [0, 0.05) is 16.3 Å². The second kappa shape index (κ2) is 8.97. The van der Waals surface area contributed by atoms with Gasteiger partial charge in [-0.1, -0.05) is 23.7 Å². The fraction of sp³-hybridized carbons (Fsp3) is 0.0870. The summed E-state index contributed by atoms with van der Waals surface area (Å²) in [7, 11) is 0. The lowest BCUT2D eigenvalue weighted by molar-refractivity contribution is 0.101. The summed E-state index contributed by atoms with van der Waals surface area (Å²) in [4.78, 5) is 17.2. The predicted molar refractivity (Wildman–Crippen MR) is 117 cm³/mol. The average molecular weight is 437 g/mol. The number of ether oxygens (including phenoxy) is 1. The van der Waals surface area contributed by atoms with Crippen LogP contribution in [0.3, 0.4) is 0 Å². The largest absolute Gasteiger partial charge is 0.494 e. The lowest BCUT2D eigenvalue weighted by Crippen LogP contribution is -2.14. The SMILES string of the molecule is CCOc1ccc(-n2nc(C(=O)Nc3ccc(F)cc3)nc2-c2cccc(Cl)c2)cc1. The number of hydrogen-bond acceptors (Lipinski definition) is 4. The Morgan fingerprint density at radius 2 is 1.84 bits per heavy atom. The molecule has 0 aliphatic rings. The Bertz CT molecular complexity index is 1210. The van der Waals surface area contributed by atoms with E-state index in [9.17, 15) is 9.18 Å². The molecule has 0 bridgehead atoms. The van der Waals surface area contributed by atoms with Crippen molar-refractivity contribution in [3.05, 3.63) is 89.5 Å². The minimum Gasteiger partial charge on any atom is -0.494 e. The van der Waals surface area contributed by atoms with Crippen molar-refractivity contribution in [2.45, 2.75) is 6.92 Å². The zero-order chi connectivity index (χ0) is 21.8. The van der Waals surface area contributed by atoms with Crippen LogP contribution in [-0.2, 0) is 0 Å². The van der Waals surface area contributed by atoms with Crippen molar-refractivity contribution < 1.29 is 13.9 Å². The molecule has 4 rings (SSSR count). The molecule has 31 heavy (non-hydrogen) atoms. The van der Waals surface area contributed by atoms with Gasteiger partial charge in [0.2, 0.25) is 5.82 Å².